The SMILES string of the molecule is CCNC(c1ccccc1)(c1ccccc1)[C@@H]1CCCN1. The summed E-state index contributed by atoms with van der Waals surface area (Å²) in [7, 11) is 0. The zero-order chi connectivity index (χ0) is 14.5. The molecule has 1 aliphatic rings. The Morgan fingerprint density at radius 3 is 2.00 bits per heavy atom. The van der Waals surface area contributed by atoms with E-state index in [1.807, 2.05) is 0 Å². The van der Waals surface area contributed by atoms with Crippen LogP contribution in [0.5, 0.6) is 0 Å². The Morgan fingerprint density at radius 1 is 1.00 bits per heavy atom. The molecule has 0 aliphatic carbocycles. The molecule has 1 fully saturated rings. The molecule has 0 saturated carbocycles. The first-order valence-corrected chi connectivity index (χ1v) is 7.97. The molecule has 2 aromatic rings. The summed E-state index contributed by atoms with van der Waals surface area (Å²) in [5.41, 5.74) is 2.54. The third-order valence-corrected chi connectivity index (χ3v) is 4.50. The van der Waals surface area contributed by atoms with Gasteiger partial charge in [0.25, 0.3) is 0 Å². The lowest BCUT2D eigenvalue weighted by atomic mass is 9.76. The van der Waals surface area contributed by atoms with Crippen molar-refractivity contribution in [2.75, 3.05) is 13.1 Å². The third-order valence-electron chi connectivity index (χ3n) is 4.50. The van der Waals surface area contributed by atoms with Crippen LogP contribution in [0.1, 0.15) is 30.9 Å². The Labute approximate surface area is 127 Å². The van der Waals surface area contributed by atoms with Crippen LogP contribution in [0.25, 0.3) is 0 Å². The molecular formula is C19H24N2. The third kappa shape index (κ3) is 2.61. The fourth-order valence-electron chi connectivity index (χ4n) is 3.63. The number of rotatable bonds is 5. The van der Waals surface area contributed by atoms with E-state index in [1.165, 1.54) is 24.0 Å². The van der Waals surface area contributed by atoms with Crippen LogP contribution in [-0.2, 0) is 5.54 Å². The topological polar surface area (TPSA) is 24.1 Å². The van der Waals surface area contributed by atoms with Crippen molar-refractivity contribution in [3.63, 3.8) is 0 Å². The van der Waals surface area contributed by atoms with E-state index < -0.39 is 0 Å². The number of benzene rings is 2. The summed E-state index contributed by atoms with van der Waals surface area (Å²) in [5, 5.41) is 7.52. The van der Waals surface area contributed by atoms with Crippen LogP contribution in [-0.4, -0.2) is 19.1 Å². The Kier molecular flexibility index (Phi) is 4.37. The normalized spacial score (nSPS) is 18.8. The van der Waals surface area contributed by atoms with E-state index in [1.54, 1.807) is 0 Å². The second-order valence-electron chi connectivity index (χ2n) is 5.72. The van der Waals surface area contributed by atoms with Gasteiger partial charge in [-0.3, -0.25) is 0 Å². The van der Waals surface area contributed by atoms with Crippen molar-refractivity contribution in [2.45, 2.75) is 31.3 Å². The van der Waals surface area contributed by atoms with E-state index in [9.17, 15) is 0 Å². The zero-order valence-corrected chi connectivity index (χ0v) is 12.7. The first kappa shape index (κ1) is 14.3. The predicted octanol–water partition coefficient (Wildman–Crippen LogP) is 3.29. The van der Waals surface area contributed by atoms with Crippen molar-refractivity contribution in [2.24, 2.45) is 0 Å². The summed E-state index contributed by atoms with van der Waals surface area (Å²) in [6.45, 7) is 4.25. The van der Waals surface area contributed by atoms with E-state index in [-0.39, 0.29) is 5.54 Å². The van der Waals surface area contributed by atoms with Gasteiger partial charge in [0.2, 0.25) is 0 Å². The maximum Gasteiger partial charge on any atom is 0.0846 e. The molecule has 21 heavy (non-hydrogen) atoms. The van der Waals surface area contributed by atoms with Gasteiger partial charge in [0, 0.05) is 6.04 Å². The molecule has 3 rings (SSSR count). The largest absolute Gasteiger partial charge is 0.311 e. The van der Waals surface area contributed by atoms with Gasteiger partial charge in [-0.05, 0) is 37.1 Å². The summed E-state index contributed by atoms with van der Waals surface area (Å²) in [5.74, 6) is 0. The Balaban J connectivity index is 2.15. The number of hydrogen-bond acceptors (Lipinski definition) is 2. The molecule has 2 aromatic carbocycles. The summed E-state index contributed by atoms with van der Waals surface area (Å²) < 4.78 is 0. The first-order valence-electron chi connectivity index (χ1n) is 7.97. The van der Waals surface area contributed by atoms with E-state index in [4.69, 9.17) is 0 Å². The van der Waals surface area contributed by atoms with Gasteiger partial charge in [-0.2, -0.15) is 0 Å². The van der Waals surface area contributed by atoms with Gasteiger partial charge in [-0.15, -0.1) is 0 Å². The Bertz CT molecular complexity index is 505. The molecule has 0 amide bonds. The highest BCUT2D eigenvalue weighted by atomic mass is 15.1. The van der Waals surface area contributed by atoms with E-state index >= 15 is 0 Å². The average molecular weight is 280 g/mol. The molecule has 110 valence electrons. The molecule has 1 heterocycles. The lowest BCUT2D eigenvalue weighted by molar-refractivity contribution is 0.310. The van der Waals surface area contributed by atoms with Crippen molar-refractivity contribution in [1.29, 1.82) is 0 Å². The summed E-state index contributed by atoms with van der Waals surface area (Å²) in [4.78, 5) is 0. The standard InChI is InChI=1S/C19H24N2/c1-2-21-19(18-14-9-15-20-18,16-10-5-3-6-11-16)17-12-7-4-8-13-17/h3-8,10-13,18,20-21H,2,9,14-15H2,1H3/t18-/m0/s1. The van der Waals surface area contributed by atoms with Gasteiger partial charge < -0.3 is 10.6 Å². The van der Waals surface area contributed by atoms with Crippen LogP contribution in [0.3, 0.4) is 0 Å². The van der Waals surface area contributed by atoms with Gasteiger partial charge in [0.1, 0.15) is 0 Å². The fraction of sp³-hybridized carbons (Fsp3) is 0.368. The maximum atomic E-state index is 3.81. The highest BCUT2D eigenvalue weighted by Gasteiger charge is 2.42. The fourth-order valence-corrected chi connectivity index (χ4v) is 3.63. The molecule has 0 bridgehead atoms. The van der Waals surface area contributed by atoms with Gasteiger partial charge in [0.15, 0.2) is 0 Å². The van der Waals surface area contributed by atoms with Crippen molar-refractivity contribution < 1.29 is 0 Å². The summed E-state index contributed by atoms with van der Waals surface area (Å²) in [6.07, 6.45) is 2.45. The Hall–Kier alpha value is -1.64. The molecule has 0 radical (unpaired) electrons. The van der Waals surface area contributed by atoms with Crippen molar-refractivity contribution >= 4 is 0 Å². The smallest absolute Gasteiger partial charge is 0.0846 e. The van der Waals surface area contributed by atoms with Crippen LogP contribution < -0.4 is 10.6 Å². The quantitative estimate of drug-likeness (QED) is 0.878. The molecule has 1 atom stereocenters. The number of nitrogens with one attached hydrogen (secondary N) is 2. The summed E-state index contributed by atoms with van der Waals surface area (Å²) >= 11 is 0. The monoisotopic (exact) mass is 280 g/mol. The van der Waals surface area contributed by atoms with Crippen LogP contribution in [0.2, 0.25) is 0 Å². The van der Waals surface area contributed by atoms with Gasteiger partial charge >= 0.3 is 0 Å². The minimum atomic E-state index is -0.145. The average Bonchev–Trinajstić information content (AvgIpc) is 3.09. The van der Waals surface area contributed by atoms with E-state index in [0.29, 0.717) is 6.04 Å². The second-order valence-corrected chi connectivity index (χ2v) is 5.72. The molecule has 0 unspecified atom stereocenters. The lowest BCUT2D eigenvalue weighted by Crippen LogP contribution is -2.56. The molecule has 2 N–H and O–H groups in total. The van der Waals surface area contributed by atoms with Gasteiger partial charge in [0.05, 0.1) is 5.54 Å². The molecule has 2 heteroatoms. The zero-order valence-electron chi connectivity index (χ0n) is 12.7. The maximum absolute atomic E-state index is 3.81. The lowest BCUT2D eigenvalue weighted by Gasteiger charge is -2.41. The van der Waals surface area contributed by atoms with E-state index in [0.717, 1.165) is 13.1 Å². The minimum absolute atomic E-state index is 0.145. The molecular weight excluding hydrogens is 256 g/mol. The highest BCUT2D eigenvalue weighted by Crippen LogP contribution is 2.36. The van der Waals surface area contributed by atoms with Gasteiger partial charge in [-0.25, -0.2) is 0 Å². The van der Waals surface area contributed by atoms with Crippen molar-refractivity contribution in [3.8, 4) is 0 Å². The predicted molar refractivity (Wildman–Crippen MR) is 88.4 cm³/mol. The van der Waals surface area contributed by atoms with Crippen molar-refractivity contribution in [3.05, 3.63) is 71.8 Å². The number of hydrogen-bond donors (Lipinski definition) is 2. The molecule has 2 nitrogen and oxygen atoms in total. The van der Waals surface area contributed by atoms with Crippen LogP contribution in [0.4, 0.5) is 0 Å². The van der Waals surface area contributed by atoms with Crippen LogP contribution in [0, 0.1) is 0 Å². The minimum Gasteiger partial charge on any atom is -0.311 e. The van der Waals surface area contributed by atoms with Gasteiger partial charge in [-0.1, -0.05) is 67.6 Å². The molecule has 1 saturated heterocycles. The Morgan fingerprint density at radius 2 is 1.57 bits per heavy atom. The molecule has 0 spiro atoms. The van der Waals surface area contributed by atoms with E-state index in [2.05, 4.69) is 78.2 Å². The first-order chi connectivity index (χ1) is 10.4. The summed E-state index contributed by atoms with van der Waals surface area (Å²) in [6, 6.07) is 22.1. The number of likely N-dealkylation sites (N-methyl/N-ethyl adjacent to an activating group) is 1. The molecule has 0 aromatic heterocycles. The second kappa shape index (κ2) is 6.42. The van der Waals surface area contributed by atoms with Crippen LogP contribution >= 0.6 is 0 Å². The molecule has 1 aliphatic heterocycles. The highest BCUT2D eigenvalue weighted by molar-refractivity contribution is 5.41. The van der Waals surface area contributed by atoms with Crippen molar-refractivity contribution in [1.82, 2.24) is 10.6 Å². The van der Waals surface area contributed by atoms with Crippen LogP contribution in [0.15, 0.2) is 60.7 Å².